The number of aryl methyl sites for hydroxylation is 1. The standard InChI is InChI=1S/C16H19FN2O4S/c1-11-3-8-15(23-11)12(2)19-16(20)9-10-18-24(21,22)14-6-4-13(17)5-7-14/h3-8,12,18H,9-10H2,1-2H3,(H,19,20). The van der Waals surface area contributed by atoms with E-state index in [9.17, 15) is 17.6 Å². The van der Waals surface area contributed by atoms with Gasteiger partial charge < -0.3 is 9.73 Å². The first-order valence-electron chi connectivity index (χ1n) is 7.39. The van der Waals surface area contributed by atoms with E-state index in [2.05, 4.69) is 10.0 Å². The van der Waals surface area contributed by atoms with Crippen LogP contribution in [0.5, 0.6) is 0 Å². The second-order valence-electron chi connectivity index (χ2n) is 5.34. The van der Waals surface area contributed by atoms with E-state index in [4.69, 9.17) is 4.42 Å². The fraction of sp³-hybridized carbons (Fsp3) is 0.312. The number of amides is 1. The summed E-state index contributed by atoms with van der Waals surface area (Å²) in [5.74, 6) is 0.555. The van der Waals surface area contributed by atoms with Crippen LogP contribution in [-0.4, -0.2) is 20.9 Å². The molecule has 0 aliphatic carbocycles. The molecule has 1 unspecified atom stereocenters. The van der Waals surface area contributed by atoms with Gasteiger partial charge in [0, 0.05) is 13.0 Å². The third kappa shape index (κ3) is 4.90. The van der Waals surface area contributed by atoms with Crippen molar-refractivity contribution in [2.45, 2.75) is 31.2 Å². The number of halogens is 1. The van der Waals surface area contributed by atoms with Crippen LogP contribution in [0.2, 0.25) is 0 Å². The Bertz CT molecular complexity index is 800. The monoisotopic (exact) mass is 354 g/mol. The van der Waals surface area contributed by atoms with E-state index in [1.807, 2.05) is 6.92 Å². The lowest BCUT2D eigenvalue weighted by Crippen LogP contribution is -2.32. The Labute approximate surface area is 140 Å². The van der Waals surface area contributed by atoms with Crippen LogP contribution in [-0.2, 0) is 14.8 Å². The molecule has 8 heteroatoms. The Hall–Kier alpha value is -2.19. The molecular formula is C16H19FN2O4S. The minimum atomic E-state index is -3.77. The molecule has 1 heterocycles. The third-order valence-corrected chi connectivity index (χ3v) is 4.81. The van der Waals surface area contributed by atoms with Gasteiger partial charge in [0.15, 0.2) is 0 Å². The molecule has 2 rings (SSSR count). The topological polar surface area (TPSA) is 88.4 Å². The summed E-state index contributed by atoms with van der Waals surface area (Å²) in [6.07, 6.45) is -0.0234. The summed E-state index contributed by atoms with van der Waals surface area (Å²) in [5.41, 5.74) is 0. The van der Waals surface area contributed by atoms with E-state index in [1.54, 1.807) is 19.1 Å². The molecule has 0 aliphatic heterocycles. The van der Waals surface area contributed by atoms with Gasteiger partial charge in [-0.25, -0.2) is 17.5 Å². The maximum Gasteiger partial charge on any atom is 0.240 e. The van der Waals surface area contributed by atoms with Gasteiger partial charge in [-0.3, -0.25) is 4.79 Å². The molecule has 0 saturated heterocycles. The highest BCUT2D eigenvalue weighted by molar-refractivity contribution is 7.89. The quantitative estimate of drug-likeness (QED) is 0.798. The average molecular weight is 354 g/mol. The van der Waals surface area contributed by atoms with E-state index in [0.29, 0.717) is 5.76 Å². The number of sulfonamides is 1. The lowest BCUT2D eigenvalue weighted by atomic mass is 10.2. The van der Waals surface area contributed by atoms with Crippen molar-refractivity contribution >= 4 is 15.9 Å². The van der Waals surface area contributed by atoms with Crippen molar-refractivity contribution in [1.82, 2.24) is 10.0 Å². The van der Waals surface area contributed by atoms with E-state index in [1.165, 1.54) is 12.1 Å². The first-order chi connectivity index (χ1) is 11.3. The molecule has 130 valence electrons. The largest absolute Gasteiger partial charge is 0.464 e. The lowest BCUT2D eigenvalue weighted by Gasteiger charge is -2.12. The number of rotatable bonds is 7. The minimum Gasteiger partial charge on any atom is -0.464 e. The fourth-order valence-electron chi connectivity index (χ4n) is 2.07. The molecule has 0 bridgehead atoms. The summed E-state index contributed by atoms with van der Waals surface area (Å²) in [7, 11) is -3.77. The van der Waals surface area contributed by atoms with Gasteiger partial charge >= 0.3 is 0 Å². The van der Waals surface area contributed by atoms with Crippen molar-refractivity contribution in [2.75, 3.05) is 6.54 Å². The van der Waals surface area contributed by atoms with E-state index in [-0.39, 0.29) is 29.8 Å². The normalized spacial score (nSPS) is 12.8. The van der Waals surface area contributed by atoms with Crippen molar-refractivity contribution in [1.29, 1.82) is 0 Å². The van der Waals surface area contributed by atoms with Gasteiger partial charge in [-0.2, -0.15) is 0 Å². The first-order valence-corrected chi connectivity index (χ1v) is 8.87. The number of carbonyl (C=O) groups excluding carboxylic acids is 1. The summed E-state index contributed by atoms with van der Waals surface area (Å²) in [5, 5.41) is 2.73. The van der Waals surface area contributed by atoms with Crippen molar-refractivity contribution < 1.29 is 22.0 Å². The van der Waals surface area contributed by atoms with Gasteiger partial charge in [-0.05, 0) is 50.2 Å². The fourth-order valence-corrected chi connectivity index (χ4v) is 3.10. The second kappa shape index (κ2) is 7.59. The Morgan fingerprint density at radius 2 is 1.88 bits per heavy atom. The van der Waals surface area contributed by atoms with E-state index >= 15 is 0 Å². The zero-order valence-electron chi connectivity index (χ0n) is 13.4. The third-order valence-electron chi connectivity index (χ3n) is 3.33. The molecular weight excluding hydrogens is 335 g/mol. The van der Waals surface area contributed by atoms with Gasteiger partial charge in [-0.1, -0.05) is 0 Å². The van der Waals surface area contributed by atoms with Crippen molar-refractivity contribution in [3.8, 4) is 0 Å². The Balaban J connectivity index is 1.82. The highest BCUT2D eigenvalue weighted by Gasteiger charge is 2.16. The van der Waals surface area contributed by atoms with Crippen LogP contribution in [0.25, 0.3) is 0 Å². The summed E-state index contributed by atoms with van der Waals surface area (Å²) in [6.45, 7) is 3.52. The number of hydrogen-bond acceptors (Lipinski definition) is 4. The number of hydrogen-bond donors (Lipinski definition) is 2. The van der Waals surface area contributed by atoms with Crippen LogP contribution < -0.4 is 10.0 Å². The molecule has 24 heavy (non-hydrogen) atoms. The highest BCUT2D eigenvalue weighted by Crippen LogP contribution is 2.15. The Morgan fingerprint density at radius 3 is 2.46 bits per heavy atom. The van der Waals surface area contributed by atoms with Gasteiger partial charge in [0.25, 0.3) is 0 Å². The van der Waals surface area contributed by atoms with E-state index < -0.39 is 15.8 Å². The molecule has 0 saturated carbocycles. The molecule has 1 aromatic heterocycles. The summed E-state index contributed by atoms with van der Waals surface area (Å²) in [4.78, 5) is 11.8. The summed E-state index contributed by atoms with van der Waals surface area (Å²) >= 11 is 0. The molecule has 2 aromatic rings. The SMILES string of the molecule is Cc1ccc(C(C)NC(=O)CCNS(=O)(=O)c2ccc(F)cc2)o1. The van der Waals surface area contributed by atoms with Gasteiger partial charge in [-0.15, -0.1) is 0 Å². The lowest BCUT2D eigenvalue weighted by molar-refractivity contribution is -0.121. The van der Waals surface area contributed by atoms with Gasteiger partial charge in [0.2, 0.25) is 15.9 Å². The number of benzene rings is 1. The molecule has 1 aromatic carbocycles. The first kappa shape index (κ1) is 18.2. The number of carbonyl (C=O) groups is 1. The summed E-state index contributed by atoms with van der Waals surface area (Å²) in [6, 6.07) is 7.73. The van der Waals surface area contributed by atoms with E-state index in [0.717, 1.165) is 17.9 Å². The van der Waals surface area contributed by atoms with Crippen LogP contribution in [0.15, 0.2) is 45.7 Å². The molecule has 0 fully saturated rings. The maximum absolute atomic E-state index is 12.8. The van der Waals surface area contributed by atoms with Gasteiger partial charge in [0.05, 0.1) is 10.9 Å². The molecule has 6 nitrogen and oxygen atoms in total. The highest BCUT2D eigenvalue weighted by atomic mass is 32.2. The minimum absolute atomic E-state index is 0.0234. The van der Waals surface area contributed by atoms with Crippen LogP contribution in [0.3, 0.4) is 0 Å². The zero-order valence-corrected chi connectivity index (χ0v) is 14.2. The van der Waals surface area contributed by atoms with Crippen LogP contribution in [0.4, 0.5) is 4.39 Å². The smallest absolute Gasteiger partial charge is 0.240 e. The predicted octanol–water partition coefficient (Wildman–Crippen LogP) is 2.27. The molecule has 0 radical (unpaired) electrons. The molecule has 1 atom stereocenters. The predicted molar refractivity (Wildman–Crippen MR) is 86.2 cm³/mol. The Morgan fingerprint density at radius 1 is 1.21 bits per heavy atom. The van der Waals surface area contributed by atoms with Crippen molar-refractivity contribution in [3.05, 3.63) is 53.7 Å². The van der Waals surface area contributed by atoms with Crippen molar-refractivity contribution in [3.63, 3.8) is 0 Å². The molecule has 0 spiro atoms. The van der Waals surface area contributed by atoms with Crippen molar-refractivity contribution in [2.24, 2.45) is 0 Å². The Kier molecular flexibility index (Phi) is 5.74. The number of nitrogens with one attached hydrogen (secondary N) is 2. The van der Waals surface area contributed by atoms with Gasteiger partial charge in [0.1, 0.15) is 17.3 Å². The zero-order chi connectivity index (χ0) is 17.7. The average Bonchev–Trinajstić information content (AvgIpc) is 2.94. The second-order valence-corrected chi connectivity index (χ2v) is 7.11. The number of furan rings is 1. The summed E-state index contributed by atoms with van der Waals surface area (Å²) < 4.78 is 44.5. The molecule has 1 amide bonds. The molecule has 0 aliphatic rings. The van der Waals surface area contributed by atoms with Crippen LogP contribution >= 0.6 is 0 Å². The van der Waals surface area contributed by atoms with Crippen LogP contribution in [0.1, 0.15) is 30.9 Å². The van der Waals surface area contributed by atoms with Crippen LogP contribution in [0, 0.1) is 12.7 Å². The maximum atomic E-state index is 12.8. The molecule has 2 N–H and O–H groups in total.